The molecule has 31 heavy (non-hydrogen) atoms. The summed E-state index contributed by atoms with van der Waals surface area (Å²) in [6.07, 6.45) is 1.74. The molecule has 4 N–H and O–H groups in total. The first kappa shape index (κ1) is 21.3. The first-order valence-electron chi connectivity index (χ1n) is 10.5. The maximum atomic E-state index is 13.3. The van der Waals surface area contributed by atoms with Crippen LogP contribution in [0.2, 0.25) is 5.02 Å². The summed E-state index contributed by atoms with van der Waals surface area (Å²) in [6.45, 7) is 3.54. The molecule has 2 heterocycles. The largest absolute Gasteiger partial charge is 0.351 e. The van der Waals surface area contributed by atoms with E-state index in [-0.39, 0.29) is 18.4 Å². The second kappa shape index (κ2) is 9.08. The molecule has 0 atom stereocenters. The molecule has 0 spiro atoms. The highest BCUT2D eigenvalue weighted by molar-refractivity contribution is 6.31. The number of anilines is 1. The molecule has 162 valence electrons. The summed E-state index contributed by atoms with van der Waals surface area (Å²) in [7, 11) is 0. The molecule has 1 aromatic heterocycles. The van der Waals surface area contributed by atoms with Crippen molar-refractivity contribution in [3.8, 4) is 0 Å². The van der Waals surface area contributed by atoms with Crippen molar-refractivity contribution in [2.75, 3.05) is 18.4 Å². The highest BCUT2D eigenvalue weighted by Gasteiger charge is 2.46. The van der Waals surface area contributed by atoms with Gasteiger partial charge in [0.2, 0.25) is 17.8 Å². The van der Waals surface area contributed by atoms with Crippen molar-refractivity contribution in [1.82, 2.24) is 20.6 Å². The van der Waals surface area contributed by atoms with Crippen LogP contribution >= 0.6 is 11.6 Å². The normalized spacial score (nSPS) is 15.5. The third kappa shape index (κ3) is 4.43. The summed E-state index contributed by atoms with van der Waals surface area (Å²) in [5.74, 6) is -0.290. The van der Waals surface area contributed by atoms with E-state index in [1.165, 1.54) is 5.56 Å². The lowest BCUT2D eigenvalue weighted by atomic mass is 9.77. The predicted molar refractivity (Wildman–Crippen MR) is 122 cm³/mol. The van der Waals surface area contributed by atoms with Crippen LogP contribution in [0.25, 0.3) is 11.0 Å². The first-order valence-corrected chi connectivity index (χ1v) is 10.9. The number of imidazole rings is 1. The van der Waals surface area contributed by atoms with E-state index in [4.69, 9.17) is 11.6 Å². The highest BCUT2D eigenvalue weighted by Crippen LogP contribution is 2.31. The van der Waals surface area contributed by atoms with Gasteiger partial charge in [-0.3, -0.25) is 14.9 Å². The van der Waals surface area contributed by atoms with Crippen LogP contribution in [0, 0.1) is 5.41 Å². The van der Waals surface area contributed by atoms with E-state index >= 15 is 0 Å². The van der Waals surface area contributed by atoms with Crippen LogP contribution in [-0.4, -0.2) is 34.9 Å². The van der Waals surface area contributed by atoms with Crippen LogP contribution in [0.3, 0.4) is 0 Å². The Hall–Kier alpha value is -2.90. The Balaban J connectivity index is 1.53. The average molecular weight is 440 g/mol. The number of aromatic nitrogens is 2. The van der Waals surface area contributed by atoms with E-state index in [0.717, 1.165) is 23.0 Å². The van der Waals surface area contributed by atoms with E-state index in [2.05, 4.69) is 32.8 Å². The summed E-state index contributed by atoms with van der Waals surface area (Å²) in [4.78, 5) is 34.2. The van der Waals surface area contributed by atoms with Gasteiger partial charge in [0.1, 0.15) is 5.41 Å². The van der Waals surface area contributed by atoms with Gasteiger partial charge >= 0.3 is 0 Å². The fraction of sp³-hybridized carbons (Fsp3) is 0.348. The molecule has 0 unspecified atom stereocenters. The van der Waals surface area contributed by atoms with Gasteiger partial charge in [-0.05, 0) is 61.7 Å². The number of fused-ring (bicyclic) bond motifs is 1. The lowest BCUT2D eigenvalue weighted by molar-refractivity contribution is -0.142. The van der Waals surface area contributed by atoms with Crippen LogP contribution < -0.4 is 16.0 Å². The Morgan fingerprint density at radius 1 is 1.13 bits per heavy atom. The van der Waals surface area contributed by atoms with Gasteiger partial charge in [-0.15, -0.1) is 0 Å². The second-order valence-electron chi connectivity index (χ2n) is 7.85. The number of carbonyl (C=O) groups is 2. The monoisotopic (exact) mass is 439 g/mol. The standard InChI is InChI=1S/C23H26ClN5O2/c1-2-15-7-8-18-19(13-15)28-22(27-18)29-21(31)23(9-11-25-12-10-23)20(30)26-14-16-5-3-4-6-17(16)24/h3-8,13,25H,2,9-12,14H2,1H3,(H,26,30)(H2,27,28,29,31). The number of benzene rings is 2. The number of carbonyl (C=O) groups excluding carboxylic acids is 2. The fourth-order valence-corrected chi connectivity index (χ4v) is 4.16. The molecule has 1 aliphatic rings. The molecule has 2 aromatic carbocycles. The van der Waals surface area contributed by atoms with Gasteiger partial charge in [0.15, 0.2) is 0 Å². The topological polar surface area (TPSA) is 98.9 Å². The molecular weight excluding hydrogens is 414 g/mol. The van der Waals surface area contributed by atoms with Crippen molar-refractivity contribution < 1.29 is 9.59 Å². The maximum Gasteiger partial charge on any atom is 0.242 e. The van der Waals surface area contributed by atoms with Crippen molar-refractivity contribution in [1.29, 1.82) is 0 Å². The van der Waals surface area contributed by atoms with E-state index in [1.807, 2.05) is 36.4 Å². The number of amides is 2. The molecule has 7 nitrogen and oxygen atoms in total. The fourth-order valence-electron chi connectivity index (χ4n) is 3.96. The van der Waals surface area contributed by atoms with Crippen molar-refractivity contribution in [2.45, 2.75) is 32.7 Å². The molecule has 2 amide bonds. The predicted octanol–water partition coefficient (Wildman–Crippen LogP) is 3.40. The SMILES string of the molecule is CCc1ccc2nc(NC(=O)C3(C(=O)NCc4ccccc4Cl)CCNCC3)[nH]c2c1. The van der Waals surface area contributed by atoms with E-state index in [9.17, 15) is 9.59 Å². The van der Waals surface area contributed by atoms with Crippen LogP contribution in [0.15, 0.2) is 42.5 Å². The average Bonchev–Trinajstić information content (AvgIpc) is 3.20. The van der Waals surface area contributed by atoms with E-state index in [1.54, 1.807) is 6.07 Å². The third-order valence-corrected chi connectivity index (χ3v) is 6.28. The molecular formula is C23H26ClN5O2. The number of nitrogens with zero attached hydrogens (tertiary/aromatic N) is 1. The minimum absolute atomic E-state index is 0.269. The van der Waals surface area contributed by atoms with Crippen molar-refractivity contribution >= 4 is 40.4 Å². The van der Waals surface area contributed by atoms with Crippen LogP contribution in [0.4, 0.5) is 5.95 Å². The molecule has 0 radical (unpaired) electrons. The van der Waals surface area contributed by atoms with E-state index in [0.29, 0.717) is 36.9 Å². The Morgan fingerprint density at radius 2 is 1.90 bits per heavy atom. The molecule has 8 heteroatoms. The smallest absolute Gasteiger partial charge is 0.242 e. The van der Waals surface area contributed by atoms with Gasteiger partial charge in [-0.2, -0.15) is 0 Å². The van der Waals surface area contributed by atoms with Crippen LogP contribution in [-0.2, 0) is 22.6 Å². The summed E-state index contributed by atoms with van der Waals surface area (Å²) in [5, 5.41) is 9.57. The first-order chi connectivity index (χ1) is 15.0. The molecule has 1 saturated heterocycles. The van der Waals surface area contributed by atoms with Gasteiger partial charge in [0.25, 0.3) is 0 Å². The number of piperidine rings is 1. The third-order valence-electron chi connectivity index (χ3n) is 5.91. The highest BCUT2D eigenvalue weighted by atomic mass is 35.5. The van der Waals surface area contributed by atoms with Crippen molar-refractivity contribution in [2.24, 2.45) is 5.41 Å². The Kier molecular flexibility index (Phi) is 6.25. The Morgan fingerprint density at radius 3 is 2.65 bits per heavy atom. The summed E-state index contributed by atoms with van der Waals surface area (Å²) < 4.78 is 0. The number of hydrogen-bond donors (Lipinski definition) is 4. The molecule has 3 aromatic rings. The zero-order valence-electron chi connectivity index (χ0n) is 17.4. The van der Waals surface area contributed by atoms with Crippen molar-refractivity contribution in [3.05, 3.63) is 58.6 Å². The minimum atomic E-state index is -1.17. The van der Waals surface area contributed by atoms with Gasteiger partial charge in [0, 0.05) is 11.6 Å². The van der Waals surface area contributed by atoms with Gasteiger partial charge in [-0.1, -0.05) is 42.8 Å². The van der Waals surface area contributed by atoms with Gasteiger partial charge in [0.05, 0.1) is 11.0 Å². The summed E-state index contributed by atoms with van der Waals surface area (Å²) in [6, 6.07) is 13.3. The molecule has 1 aliphatic heterocycles. The molecule has 1 fully saturated rings. The number of aryl methyl sites for hydroxylation is 1. The molecule has 0 bridgehead atoms. The second-order valence-corrected chi connectivity index (χ2v) is 8.26. The lowest BCUT2D eigenvalue weighted by Crippen LogP contribution is -2.54. The summed E-state index contributed by atoms with van der Waals surface area (Å²) >= 11 is 6.21. The zero-order valence-corrected chi connectivity index (χ0v) is 18.2. The van der Waals surface area contributed by atoms with E-state index < -0.39 is 5.41 Å². The number of rotatable bonds is 6. The Bertz CT molecular complexity index is 1100. The van der Waals surface area contributed by atoms with Crippen molar-refractivity contribution in [3.63, 3.8) is 0 Å². The van der Waals surface area contributed by atoms with Crippen LogP contribution in [0.5, 0.6) is 0 Å². The molecule has 4 rings (SSSR count). The quantitative estimate of drug-likeness (QED) is 0.442. The van der Waals surface area contributed by atoms with Gasteiger partial charge < -0.3 is 15.6 Å². The number of aromatic amines is 1. The van der Waals surface area contributed by atoms with Gasteiger partial charge in [-0.25, -0.2) is 4.98 Å². The number of H-pyrrole nitrogens is 1. The summed E-state index contributed by atoms with van der Waals surface area (Å²) in [5.41, 5.74) is 2.46. The molecule has 0 saturated carbocycles. The minimum Gasteiger partial charge on any atom is -0.351 e. The number of halogens is 1. The maximum absolute atomic E-state index is 13.3. The lowest BCUT2D eigenvalue weighted by Gasteiger charge is -2.34. The Labute approximate surface area is 186 Å². The number of hydrogen-bond acceptors (Lipinski definition) is 4. The van der Waals surface area contributed by atoms with Crippen LogP contribution in [0.1, 0.15) is 30.9 Å². The zero-order chi connectivity index (χ0) is 21.8. The molecule has 0 aliphatic carbocycles. The number of nitrogens with one attached hydrogen (secondary N) is 4.